The summed E-state index contributed by atoms with van der Waals surface area (Å²) >= 11 is 0. The van der Waals surface area contributed by atoms with E-state index in [2.05, 4.69) is 5.10 Å². The fourth-order valence-corrected chi connectivity index (χ4v) is 1.79. The Balaban J connectivity index is 2.47. The largest absolute Gasteiger partial charge is 0.378 e. The van der Waals surface area contributed by atoms with Crippen molar-refractivity contribution >= 4 is 11.5 Å². The molecule has 6 nitrogen and oxygen atoms in total. The Bertz CT molecular complexity index is 642. The number of benzene rings is 1. The maximum absolute atomic E-state index is 13.6. The predicted molar refractivity (Wildman–Crippen MR) is 63.5 cm³/mol. The summed E-state index contributed by atoms with van der Waals surface area (Å²) in [5.41, 5.74) is 5.22. The van der Waals surface area contributed by atoms with Gasteiger partial charge in [-0.1, -0.05) is 12.1 Å². The SMILES string of the molecule is CC(c1cccc(F)c1F)n1ncc([N+](=O)[O-])c1N. The highest BCUT2D eigenvalue weighted by molar-refractivity contribution is 5.52. The smallest absolute Gasteiger partial charge is 0.330 e. The minimum atomic E-state index is -1.02. The molecule has 1 atom stereocenters. The first-order chi connectivity index (χ1) is 8.93. The van der Waals surface area contributed by atoms with E-state index >= 15 is 0 Å². The Kier molecular flexibility index (Phi) is 3.16. The molecule has 1 aromatic carbocycles. The van der Waals surface area contributed by atoms with Crippen molar-refractivity contribution in [1.29, 1.82) is 0 Å². The molecule has 1 unspecified atom stereocenters. The number of aromatic nitrogens is 2. The third-order valence-corrected chi connectivity index (χ3v) is 2.81. The molecule has 0 saturated carbocycles. The normalized spacial score (nSPS) is 12.4. The van der Waals surface area contributed by atoms with Gasteiger partial charge >= 0.3 is 5.69 Å². The van der Waals surface area contributed by atoms with Crippen LogP contribution in [0.3, 0.4) is 0 Å². The number of nitro groups is 1. The summed E-state index contributed by atoms with van der Waals surface area (Å²) < 4.78 is 27.9. The fraction of sp³-hybridized carbons (Fsp3) is 0.182. The summed E-state index contributed by atoms with van der Waals surface area (Å²) in [6, 6.07) is 2.94. The average Bonchev–Trinajstić information content (AvgIpc) is 2.74. The molecular weight excluding hydrogens is 258 g/mol. The second kappa shape index (κ2) is 4.63. The fourth-order valence-electron chi connectivity index (χ4n) is 1.79. The molecule has 0 fully saturated rings. The van der Waals surface area contributed by atoms with Crippen LogP contribution in [0.1, 0.15) is 18.5 Å². The number of rotatable bonds is 3. The van der Waals surface area contributed by atoms with Crippen LogP contribution in [0.15, 0.2) is 24.4 Å². The topological polar surface area (TPSA) is 87.0 Å². The molecule has 0 amide bonds. The van der Waals surface area contributed by atoms with Crippen molar-refractivity contribution in [2.75, 3.05) is 5.73 Å². The maximum Gasteiger partial charge on any atom is 0.330 e. The third kappa shape index (κ3) is 2.12. The van der Waals surface area contributed by atoms with Gasteiger partial charge in [0.25, 0.3) is 0 Å². The summed E-state index contributed by atoms with van der Waals surface area (Å²) in [6.07, 6.45) is 0.975. The number of anilines is 1. The minimum Gasteiger partial charge on any atom is -0.378 e. The van der Waals surface area contributed by atoms with E-state index in [9.17, 15) is 18.9 Å². The molecular formula is C11H10F2N4O2. The third-order valence-electron chi connectivity index (χ3n) is 2.81. The van der Waals surface area contributed by atoms with Gasteiger partial charge in [0.15, 0.2) is 11.6 Å². The van der Waals surface area contributed by atoms with Crippen LogP contribution in [0.2, 0.25) is 0 Å². The zero-order valence-corrected chi connectivity index (χ0v) is 9.88. The Morgan fingerprint density at radius 2 is 2.16 bits per heavy atom. The first-order valence-electron chi connectivity index (χ1n) is 5.34. The number of nitrogens with two attached hydrogens (primary N) is 1. The van der Waals surface area contributed by atoms with Crippen LogP contribution < -0.4 is 5.73 Å². The predicted octanol–water partition coefficient (Wildman–Crippen LogP) is 2.26. The van der Waals surface area contributed by atoms with Crippen LogP contribution in [0.5, 0.6) is 0 Å². The lowest BCUT2D eigenvalue weighted by molar-refractivity contribution is -0.384. The molecule has 0 bridgehead atoms. The summed E-state index contributed by atoms with van der Waals surface area (Å²) in [4.78, 5) is 9.97. The Morgan fingerprint density at radius 1 is 1.47 bits per heavy atom. The summed E-state index contributed by atoms with van der Waals surface area (Å²) in [5.74, 6) is -2.22. The van der Waals surface area contributed by atoms with Gasteiger partial charge in [0.1, 0.15) is 6.20 Å². The van der Waals surface area contributed by atoms with Crippen LogP contribution in [0.4, 0.5) is 20.3 Å². The number of halogens is 2. The van der Waals surface area contributed by atoms with Crippen LogP contribution in [-0.2, 0) is 0 Å². The average molecular weight is 268 g/mol. The molecule has 8 heteroatoms. The standard InChI is InChI=1S/C11H10F2N4O2/c1-6(7-3-2-4-8(12)10(7)13)16-11(14)9(5-15-16)17(18)19/h2-6H,14H2,1H3. The number of nitrogen functional groups attached to an aromatic ring is 1. The van der Waals surface area contributed by atoms with Crippen molar-refractivity contribution in [2.24, 2.45) is 0 Å². The van der Waals surface area contributed by atoms with E-state index in [1.165, 1.54) is 19.1 Å². The van der Waals surface area contributed by atoms with Crippen LogP contribution in [-0.4, -0.2) is 14.7 Å². The Hall–Kier alpha value is -2.51. The second-order valence-corrected chi connectivity index (χ2v) is 3.94. The van der Waals surface area contributed by atoms with Gasteiger partial charge < -0.3 is 5.73 Å². The molecule has 1 heterocycles. The van der Waals surface area contributed by atoms with E-state index in [-0.39, 0.29) is 17.1 Å². The van der Waals surface area contributed by atoms with E-state index in [1.54, 1.807) is 0 Å². The summed E-state index contributed by atoms with van der Waals surface area (Å²) in [6.45, 7) is 1.52. The van der Waals surface area contributed by atoms with Gasteiger partial charge in [0.2, 0.25) is 5.82 Å². The van der Waals surface area contributed by atoms with Crippen LogP contribution in [0, 0.1) is 21.7 Å². The van der Waals surface area contributed by atoms with Gasteiger partial charge in [-0.3, -0.25) is 10.1 Å². The molecule has 0 aliphatic carbocycles. The van der Waals surface area contributed by atoms with Gasteiger partial charge in [0, 0.05) is 5.56 Å². The van der Waals surface area contributed by atoms with Crippen LogP contribution in [0.25, 0.3) is 0 Å². The minimum absolute atomic E-state index is 0.0182. The number of hydrogen-bond donors (Lipinski definition) is 1. The van der Waals surface area contributed by atoms with Crippen molar-refractivity contribution in [3.05, 3.63) is 51.7 Å². The van der Waals surface area contributed by atoms with E-state index in [4.69, 9.17) is 5.73 Å². The molecule has 1 aromatic heterocycles. The highest BCUT2D eigenvalue weighted by Crippen LogP contribution is 2.28. The maximum atomic E-state index is 13.6. The molecule has 0 radical (unpaired) electrons. The van der Waals surface area contributed by atoms with Gasteiger partial charge in [-0.2, -0.15) is 5.10 Å². The lowest BCUT2D eigenvalue weighted by Gasteiger charge is -2.14. The highest BCUT2D eigenvalue weighted by atomic mass is 19.2. The van der Waals surface area contributed by atoms with E-state index in [1.807, 2.05) is 0 Å². The second-order valence-electron chi connectivity index (χ2n) is 3.94. The molecule has 2 rings (SSSR count). The number of hydrogen-bond acceptors (Lipinski definition) is 4. The van der Waals surface area contributed by atoms with E-state index < -0.39 is 22.6 Å². The van der Waals surface area contributed by atoms with Crippen molar-refractivity contribution in [3.63, 3.8) is 0 Å². The number of nitrogens with zero attached hydrogens (tertiary/aromatic N) is 3. The Morgan fingerprint density at radius 3 is 2.74 bits per heavy atom. The highest BCUT2D eigenvalue weighted by Gasteiger charge is 2.23. The Labute approximate surface area is 106 Å². The quantitative estimate of drug-likeness (QED) is 0.683. The van der Waals surface area contributed by atoms with Crippen molar-refractivity contribution in [3.8, 4) is 0 Å². The molecule has 0 saturated heterocycles. The van der Waals surface area contributed by atoms with Crippen molar-refractivity contribution in [1.82, 2.24) is 9.78 Å². The first-order valence-corrected chi connectivity index (χ1v) is 5.34. The first kappa shape index (κ1) is 12.9. The monoisotopic (exact) mass is 268 g/mol. The van der Waals surface area contributed by atoms with Gasteiger partial charge in [-0.25, -0.2) is 13.5 Å². The van der Waals surface area contributed by atoms with Gasteiger partial charge in [0.05, 0.1) is 11.0 Å². The van der Waals surface area contributed by atoms with E-state index in [0.29, 0.717) is 0 Å². The van der Waals surface area contributed by atoms with Crippen molar-refractivity contribution in [2.45, 2.75) is 13.0 Å². The molecule has 0 aliphatic heterocycles. The molecule has 2 aromatic rings. The van der Waals surface area contributed by atoms with Crippen molar-refractivity contribution < 1.29 is 13.7 Å². The summed E-state index contributed by atoms with van der Waals surface area (Å²) in [5, 5.41) is 14.4. The van der Waals surface area contributed by atoms with Gasteiger partial charge in [-0.05, 0) is 13.0 Å². The molecule has 19 heavy (non-hydrogen) atoms. The molecule has 0 aliphatic rings. The zero-order valence-electron chi connectivity index (χ0n) is 9.88. The lowest BCUT2D eigenvalue weighted by Crippen LogP contribution is -2.13. The summed E-state index contributed by atoms with van der Waals surface area (Å²) in [7, 11) is 0. The molecule has 100 valence electrons. The molecule has 2 N–H and O–H groups in total. The van der Waals surface area contributed by atoms with Crippen LogP contribution >= 0.6 is 0 Å². The zero-order chi connectivity index (χ0) is 14.2. The van der Waals surface area contributed by atoms with Gasteiger partial charge in [-0.15, -0.1) is 0 Å². The lowest BCUT2D eigenvalue weighted by atomic mass is 10.1. The van der Waals surface area contributed by atoms with E-state index in [0.717, 1.165) is 16.9 Å². The molecule has 0 spiro atoms.